The molecule has 19 heavy (non-hydrogen) atoms. The van der Waals surface area contributed by atoms with Gasteiger partial charge in [-0.2, -0.15) is 11.8 Å². The summed E-state index contributed by atoms with van der Waals surface area (Å²) in [6.45, 7) is 4.20. The maximum absolute atomic E-state index is 12.7. The quantitative estimate of drug-likeness (QED) is 0.856. The molecule has 108 valence electrons. The number of thioether (sulfide) groups is 1. The van der Waals surface area contributed by atoms with Crippen molar-refractivity contribution in [3.8, 4) is 0 Å². The highest BCUT2D eigenvalue weighted by Crippen LogP contribution is 2.34. The summed E-state index contributed by atoms with van der Waals surface area (Å²) < 4.78 is 0. The fourth-order valence-electron chi connectivity index (χ4n) is 3.30. The predicted octanol–water partition coefficient (Wildman–Crippen LogP) is 1.79. The molecule has 2 unspecified atom stereocenters. The molecule has 0 spiro atoms. The van der Waals surface area contributed by atoms with E-state index in [1.165, 1.54) is 0 Å². The second-order valence-corrected chi connectivity index (χ2v) is 6.73. The van der Waals surface area contributed by atoms with Crippen LogP contribution in [0.25, 0.3) is 0 Å². The van der Waals surface area contributed by atoms with Gasteiger partial charge in [-0.3, -0.25) is 9.59 Å². The number of piperazine rings is 1. The van der Waals surface area contributed by atoms with Crippen molar-refractivity contribution in [1.29, 1.82) is 0 Å². The minimum absolute atomic E-state index is 0.00379. The Morgan fingerprint density at radius 2 is 2.00 bits per heavy atom. The molecule has 2 fully saturated rings. The molecule has 0 aromatic rings. The van der Waals surface area contributed by atoms with Crippen molar-refractivity contribution < 1.29 is 9.59 Å². The Morgan fingerprint density at radius 3 is 2.53 bits per heavy atom. The van der Waals surface area contributed by atoms with Crippen molar-refractivity contribution in [1.82, 2.24) is 10.2 Å². The van der Waals surface area contributed by atoms with Crippen molar-refractivity contribution in [3.05, 3.63) is 0 Å². The Labute approximate surface area is 119 Å². The molecule has 0 aromatic heterocycles. The number of nitrogens with one attached hydrogen (secondary N) is 1. The lowest BCUT2D eigenvalue weighted by atomic mass is 9.88. The molecule has 0 bridgehead atoms. The average Bonchev–Trinajstić information content (AvgIpc) is 2.89. The van der Waals surface area contributed by atoms with Gasteiger partial charge in [0.1, 0.15) is 5.54 Å². The van der Waals surface area contributed by atoms with Gasteiger partial charge in [0.15, 0.2) is 0 Å². The average molecular weight is 284 g/mol. The van der Waals surface area contributed by atoms with Crippen LogP contribution < -0.4 is 5.32 Å². The smallest absolute Gasteiger partial charge is 0.249 e. The number of rotatable bonds is 4. The van der Waals surface area contributed by atoms with E-state index in [1.807, 2.05) is 30.5 Å². The zero-order valence-electron chi connectivity index (χ0n) is 12.1. The SMILES string of the molecule is CCC1(CC)NC(=O)CN(C2CCC(SC)C2)C1=O. The van der Waals surface area contributed by atoms with Crippen LogP contribution in [0, 0.1) is 0 Å². The number of nitrogens with zero attached hydrogens (tertiary/aromatic N) is 1. The number of hydrogen-bond acceptors (Lipinski definition) is 3. The van der Waals surface area contributed by atoms with Gasteiger partial charge in [-0.05, 0) is 38.4 Å². The molecule has 2 rings (SSSR count). The molecular weight excluding hydrogens is 260 g/mol. The molecule has 2 atom stereocenters. The van der Waals surface area contributed by atoms with E-state index in [0.29, 0.717) is 18.1 Å². The molecule has 1 aliphatic carbocycles. The molecule has 1 heterocycles. The van der Waals surface area contributed by atoms with Gasteiger partial charge in [0.2, 0.25) is 11.8 Å². The third-order valence-electron chi connectivity index (χ3n) is 4.70. The lowest BCUT2D eigenvalue weighted by Crippen LogP contribution is -2.67. The highest BCUT2D eigenvalue weighted by Gasteiger charge is 2.47. The van der Waals surface area contributed by atoms with Gasteiger partial charge < -0.3 is 10.2 Å². The minimum atomic E-state index is -0.660. The molecule has 2 amide bonds. The van der Waals surface area contributed by atoms with Crippen LogP contribution in [0.5, 0.6) is 0 Å². The van der Waals surface area contributed by atoms with E-state index in [1.54, 1.807) is 0 Å². The summed E-state index contributed by atoms with van der Waals surface area (Å²) in [4.78, 5) is 26.5. The van der Waals surface area contributed by atoms with E-state index in [0.717, 1.165) is 19.3 Å². The van der Waals surface area contributed by atoms with Crippen molar-refractivity contribution in [3.63, 3.8) is 0 Å². The first-order valence-corrected chi connectivity index (χ1v) is 8.50. The molecule has 2 aliphatic rings. The summed E-state index contributed by atoms with van der Waals surface area (Å²) in [5.74, 6) is 0.125. The lowest BCUT2D eigenvalue weighted by molar-refractivity contribution is -0.152. The summed E-state index contributed by atoms with van der Waals surface area (Å²) in [5, 5.41) is 3.56. The van der Waals surface area contributed by atoms with Crippen LogP contribution in [0.2, 0.25) is 0 Å². The Morgan fingerprint density at radius 1 is 1.32 bits per heavy atom. The standard InChI is InChI=1S/C14H24N2O2S/c1-4-14(5-2)13(18)16(9-12(17)15-14)10-6-7-11(8-10)19-3/h10-11H,4-9H2,1-3H3,(H,15,17). The van der Waals surface area contributed by atoms with Gasteiger partial charge >= 0.3 is 0 Å². The monoisotopic (exact) mass is 284 g/mol. The molecule has 5 heteroatoms. The highest BCUT2D eigenvalue weighted by molar-refractivity contribution is 7.99. The Hall–Kier alpha value is -0.710. The summed E-state index contributed by atoms with van der Waals surface area (Å²) in [7, 11) is 0. The summed E-state index contributed by atoms with van der Waals surface area (Å²) in [5.41, 5.74) is -0.660. The second kappa shape index (κ2) is 5.73. The van der Waals surface area contributed by atoms with E-state index in [2.05, 4.69) is 11.6 Å². The molecule has 0 aromatic carbocycles. The molecule has 1 N–H and O–H groups in total. The molecule has 1 saturated carbocycles. The molecule has 0 radical (unpaired) electrons. The number of amides is 2. The van der Waals surface area contributed by atoms with Gasteiger partial charge in [-0.25, -0.2) is 0 Å². The first kappa shape index (κ1) is 14.7. The van der Waals surface area contributed by atoms with Crippen LogP contribution in [-0.2, 0) is 9.59 Å². The Bertz CT molecular complexity index is 368. The summed E-state index contributed by atoms with van der Waals surface area (Å²) in [6.07, 6.45) is 6.69. The summed E-state index contributed by atoms with van der Waals surface area (Å²) in [6, 6.07) is 0.258. The number of hydrogen-bond donors (Lipinski definition) is 1. The number of carbonyl (C=O) groups excluding carboxylic acids is 2. The first-order chi connectivity index (χ1) is 9.06. The largest absolute Gasteiger partial charge is 0.340 e. The van der Waals surface area contributed by atoms with Gasteiger partial charge in [0.05, 0.1) is 6.54 Å². The van der Waals surface area contributed by atoms with Gasteiger partial charge in [0.25, 0.3) is 0 Å². The normalized spacial score (nSPS) is 30.6. The fourth-order valence-corrected chi connectivity index (χ4v) is 4.09. The van der Waals surface area contributed by atoms with E-state index in [-0.39, 0.29) is 24.4 Å². The Kier molecular flexibility index (Phi) is 4.43. The van der Waals surface area contributed by atoms with Crippen molar-refractivity contribution in [2.24, 2.45) is 0 Å². The van der Waals surface area contributed by atoms with E-state index in [9.17, 15) is 9.59 Å². The lowest BCUT2D eigenvalue weighted by Gasteiger charge is -2.43. The second-order valence-electron chi connectivity index (χ2n) is 5.60. The third-order valence-corrected chi connectivity index (χ3v) is 5.80. The van der Waals surface area contributed by atoms with Crippen molar-refractivity contribution in [2.75, 3.05) is 12.8 Å². The zero-order valence-corrected chi connectivity index (χ0v) is 12.9. The number of carbonyl (C=O) groups is 2. The van der Waals surface area contributed by atoms with E-state index in [4.69, 9.17) is 0 Å². The zero-order chi connectivity index (χ0) is 14.0. The van der Waals surface area contributed by atoms with Crippen LogP contribution in [0.1, 0.15) is 46.0 Å². The molecule has 1 saturated heterocycles. The van der Waals surface area contributed by atoms with Crippen LogP contribution in [0.15, 0.2) is 0 Å². The van der Waals surface area contributed by atoms with Crippen LogP contribution in [0.3, 0.4) is 0 Å². The summed E-state index contributed by atoms with van der Waals surface area (Å²) >= 11 is 1.88. The van der Waals surface area contributed by atoms with Crippen LogP contribution >= 0.6 is 11.8 Å². The van der Waals surface area contributed by atoms with Crippen LogP contribution in [-0.4, -0.2) is 46.3 Å². The van der Waals surface area contributed by atoms with Gasteiger partial charge in [-0.15, -0.1) is 0 Å². The van der Waals surface area contributed by atoms with Crippen molar-refractivity contribution in [2.45, 2.75) is 62.8 Å². The molecular formula is C14H24N2O2S. The highest BCUT2D eigenvalue weighted by atomic mass is 32.2. The molecule has 4 nitrogen and oxygen atoms in total. The Balaban J connectivity index is 2.16. The first-order valence-electron chi connectivity index (χ1n) is 7.21. The van der Waals surface area contributed by atoms with Gasteiger partial charge in [0, 0.05) is 11.3 Å². The fraction of sp³-hybridized carbons (Fsp3) is 0.857. The van der Waals surface area contributed by atoms with Crippen molar-refractivity contribution >= 4 is 23.6 Å². The van der Waals surface area contributed by atoms with Crippen LogP contribution in [0.4, 0.5) is 0 Å². The maximum atomic E-state index is 12.7. The van der Waals surface area contributed by atoms with E-state index < -0.39 is 5.54 Å². The third kappa shape index (κ3) is 2.62. The molecule has 1 aliphatic heterocycles. The topological polar surface area (TPSA) is 49.4 Å². The maximum Gasteiger partial charge on any atom is 0.249 e. The van der Waals surface area contributed by atoms with Gasteiger partial charge in [-0.1, -0.05) is 13.8 Å². The predicted molar refractivity (Wildman–Crippen MR) is 78.1 cm³/mol. The minimum Gasteiger partial charge on any atom is -0.340 e. The van der Waals surface area contributed by atoms with E-state index >= 15 is 0 Å².